The molecule has 0 fully saturated rings. The maximum absolute atomic E-state index is 12.5. The minimum Gasteiger partial charge on any atom is -0.463 e. The van der Waals surface area contributed by atoms with Crippen molar-refractivity contribution in [3.05, 3.63) is 69.8 Å². The maximum Gasteiger partial charge on any atom is 0.273 e. The Hall–Kier alpha value is -2.86. The molecule has 7 heteroatoms. The van der Waals surface area contributed by atoms with Crippen molar-refractivity contribution in [1.82, 2.24) is 15.3 Å². The highest BCUT2D eigenvalue weighted by molar-refractivity contribution is 6.31. The molecule has 27 heavy (non-hydrogen) atoms. The normalized spacial score (nSPS) is 11.7. The summed E-state index contributed by atoms with van der Waals surface area (Å²) in [5.41, 5.74) is 8.93. The van der Waals surface area contributed by atoms with Gasteiger partial charge in [0.25, 0.3) is 5.91 Å². The van der Waals surface area contributed by atoms with Gasteiger partial charge in [0.1, 0.15) is 11.5 Å². The number of nitrogens with one attached hydrogen (secondary N) is 1. The van der Waals surface area contributed by atoms with Gasteiger partial charge >= 0.3 is 0 Å². The Morgan fingerprint density at radius 3 is 2.63 bits per heavy atom. The number of allylic oxidation sites excluding steroid dienone is 2. The molecule has 0 atom stereocenters. The number of rotatable bonds is 6. The lowest BCUT2D eigenvalue weighted by Gasteiger charge is -2.13. The summed E-state index contributed by atoms with van der Waals surface area (Å²) in [5, 5.41) is 3.40. The second kappa shape index (κ2) is 9.19. The third-order valence-corrected chi connectivity index (χ3v) is 4.27. The van der Waals surface area contributed by atoms with Crippen LogP contribution in [0.4, 0.5) is 5.82 Å². The van der Waals surface area contributed by atoms with Crippen molar-refractivity contribution in [3.63, 3.8) is 0 Å². The quantitative estimate of drug-likeness (QED) is 0.727. The van der Waals surface area contributed by atoms with Gasteiger partial charge < -0.3 is 15.8 Å². The highest BCUT2D eigenvalue weighted by Crippen LogP contribution is 2.21. The van der Waals surface area contributed by atoms with E-state index in [0.717, 1.165) is 11.1 Å². The van der Waals surface area contributed by atoms with E-state index in [9.17, 15) is 4.79 Å². The Bertz CT molecular complexity index is 887. The van der Waals surface area contributed by atoms with Gasteiger partial charge in [0.2, 0.25) is 0 Å². The molecule has 142 valence electrons. The number of benzene rings is 1. The lowest BCUT2D eigenvalue weighted by atomic mass is 10.1. The third-order valence-electron chi connectivity index (χ3n) is 3.92. The van der Waals surface area contributed by atoms with Crippen molar-refractivity contribution >= 4 is 29.1 Å². The molecule has 2 rings (SSSR count). The Kier molecular flexibility index (Phi) is 6.96. The summed E-state index contributed by atoms with van der Waals surface area (Å²) in [4.78, 5) is 21.2. The molecule has 2 aromatic rings. The van der Waals surface area contributed by atoms with Crippen LogP contribution in [0.5, 0.6) is 0 Å². The van der Waals surface area contributed by atoms with E-state index in [0.29, 0.717) is 22.2 Å². The van der Waals surface area contributed by atoms with E-state index in [-0.39, 0.29) is 18.1 Å². The van der Waals surface area contributed by atoms with E-state index in [1.807, 2.05) is 32.9 Å². The van der Waals surface area contributed by atoms with Crippen molar-refractivity contribution in [3.8, 4) is 0 Å². The number of carbonyl (C=O) groups is 1. The molecular weight excluding hydrogens is 364 g/mol. The fourth-order valence-corrected chi connectivity index (χ4v) is 2.77. The molecule has 1 aromatic heterocycles. The first-order valence-electron chi connectivity index (χ1n) is 8.49. The fraction of sp³-hybridized carbons (Fsp3) is 0.250. The van der Waals surface area contributed by atoms with Gasteiger partial charge in [-0.2, -0.15) is 0 Å². The number of nitrogens with two attached hydrogens (primary N) is 1. The fourth-order valence-electron chi connectivity index (χ4n) is 2.48. The summed E-state index contributed by atoms with van der Waals surface area (Å²) < 4.78 is 5.50. The summed E-state index contributed by atoms with van der Waals surface area (Å²) in [6, 6.07) is 5.58. The number of hydrogen-bond donors (Lipinski definition) is 2. The predicted octanol–water partition coefficient (Wildman–Crippen LogP) is 4.17. The molecule has 0 radical (unpaired) electrons. The van der Waals surface area contributed by atoms with E-state index < -0.39 is 5.91 Å². The van der Waals surface area contributed by atoms with Gasteiger partial charge in [-0.3, -0.25) is 4.79 Å². The number of ether oxygens (including phenoxy) is 1. The van der Waals surface area contributed by atoms with Crippen molar-refractivity contribution in [1.29, 1.82) is 0 Å². The Balaban J connectivity index is 2.23. The van der Waals surface area contributed by atoms with Crippen LogP contribution in [0.3, 0.4) is 0 Å². The Morgan fingerprint density at radius 2 is 2.00 bits per heavy atom. The number of anilines is 1. The Labute approximate surface area is 164 Å². The molecule has 1 heterocycles. The van der Waals surface area contributed by atoms with Gasteiger partial charge in [0, 0.05) is 11.6 Å². The SMILES string of the molecule is C/C=C\O/C(=C\C)c1nc(N)c(C(=O)NCc2c(C)cccc2Cl)nc1C. The van der Waals surface area contributed by atoms with Crippen molar-refractivity contribution in [2.45, 2.75) is 34.2 Å². The third kappa shape index (κ3) is 4.86. The van der Waals surface area contributed by atoms with Crippen molar-refractivity contribution < 1.29 is 9.53 Å². The molecule has 3 N–H and O–H groups in total. The van der Waals surface area contributed by atoms with E-state index in [1.54, 1.807) is 31.4 Å². The highest BCUT2D eigenvalue weighted by Gasteiger charge is 2.18. The van der Waals surface area contributed by atoms with Crippen molar-refractivity contribution in [2.24, 2.45) is 0 Å². The summed E-state index contributed by atoms with van der Waals surface area (Å²) in [6.45, 7) is 7.62. The van der Waals surface area contributed by atoms with Crippen LogP contribution < -0.4 is 11.1 Å². The molecule has 0 aliphatic rings. The molecule has 6 nitrogen and oxygen atoms in total. The predicted molar refractivity (Wildman–Crippen MR) is 108 cm³/mol. The smallest absolute Gasteiger partial charge is 0.273 e. The first-order chi connectivity index (χ1) is 12.9. The molecule has 0 saturated carbocycles. The number of aromatic nitrogens is 2. The lowest BCUT2D eigenvalue weighted by molar-refractivity contribution is 0.0946. The second-order valence-corrected chi connectivity index (χ2v) is 6.26. The van der Waals surface area contributed by atoms with Crippen LogP contribution in [0.25, 0.3) is 5.76 Å². The average Bonchev–Trinajstić information content (AvgIpc) is 2.64. The summed E-state index contributed by atoms with van der Waals surface area (Å²) >= 11 is 6.20. The zero-order chi connectivity index (χ0) is 20.0. The van der Waals surface area contributed by atoms with Gasteiger partial charge in [-0.1, -0.05) is 29.8 Å². The Morgan fingerprint density at radius 1 is 1.26 bits per heavy atom. The van der Waals surface area contributed by atoms with Crippen LogP contribution >= 0.6 is 11.6 Å². The van der Waals surface area contributed by atoms with Gasteiger partial charge in [-0.15, -0.1) is 0 Å². The van der Waals surface area contributed by atoms with Crippen LogP contribution in [0.1, 0.15) is 46.9 Å². The van der Waals surface area contributed by atoms with Crippen LogP contribution in [0, 0.1) is 13.8 Å². The van der Waals surface area contributed by atoms with Gasteiger partial charge in [-0.25, -0.2) is 9.97 Å². The van der Waals surface area contributed by atoms with Crippen LogP contribution in [-0.4, -0.2) is 15.9 Å². The number of amides is 1. The highest BCUT2D eigenvalue weighted by atomic mass is 35.5. The number of nitrogens with zero attached hydrogens (tertiary/aromatic N) is 2. The largest absolute Gasteiger partial charge is 0.463 e. The van der Waals surface area contributed by atoms with Gasteiger partial charge in [0.15, 0.2) is 11.5 Å². The minimum absolute atomic E-state index is 0.0346. The maximum atomic E-state index is 12.5. The monoisotopic (exact) mass is 386 g/mol. The van der Waals surface area contributed by atoms with Gasteiger partial charge in [-0.05, 0) is 51.0 Å². The second-order valence-electron chi connectivity index (χ2n) is 5.85. The molecule has 0 unspecified atom stereocenters. The van der Waals surface area contributed by atoms with E-state index in [4.69, 9.17) is 22.1 Å². The van der Waals surface area contributed by atoms with E-state index >= 15 is 0 Å². The first-order valence-corrected chi connectivity index (χ1v) is 8.87. The number of aryl methyl sites for hydroxylation is 2. The number of halogens is 1. The number of hydrogen-bond acceptors (Lipinski definition) is 5. The van der Waals surface area contributed by atoms with E-state index in [1.165, 1.54) is 0 Å². The molecule has 1 aromatic carbocycles. The zero-order valence-electron chi connectivity index (χ0n) is 15.8. The number of carbonyl (C=O) groups excluding carboxylic acids is 1. The van der Waals surface area contributed by atoms with Crippen LogP contribution in [0.2, 0.25) is 5.02 Å². The summed E-state index contributed by atoms with van der Waals surface area (Å²) in [6.07, 6.45) is 5.06. The molecule has 1 amide bonds. The molecule has 0 aliphatic carbocycles. The number of nitrogen functional groups attached to an aromatic ring is 1. The first kappa shape index (κ1) is 20.5. The standard InChI is InChI=1S/C20H23ClN4O2/c1-5-10-27-16(6-2)17-13(4)24-18(19(22)25-17)20(26)23-11-14-12(3)8-7-9-15(14)21/h5-10H,11H2,1-4H3,(H2,22,25)(H,23,26)/b10-5-,16-6-. The molecular formula is C20H23ClN4O2. The molecule has 0 saturated heterocycles. The van der Waals surface area contributed by atoms with Gasteiger partial charge in [0.05, 0.1) is 12.0 Å². The summed E-state index contributed by atoms with van der Waals surface area (Å²) in [7, 11) is 0. The molecule has 0 spiro atoms. The lowest BCUT2D eigenvalue weighted by Crippen LogP contribution is -2.26. The molecule has 0 aliphatic heterocycles. The average molecular weight is 387 g/mol. The van der Waals surface area contributed by atoms with E-state index in [2.05, 4.69) is 15.3 Å². The zero-order valence-corrected chi connectivity index (χ0v) is 16.6. The molecule has 0 bridgehead atoms. The topological polar surface area (TPSA) is 90.1 Å². The van der Waals surface area contributed by atoms with Crippen LogP contribution in [0.15, 0.2) is 36.6 Å². The van der Waals surface area contributed by atoms with Crippen LogP contribution in [-0.2, 0) is 11.3 Å². The van der Waals surface area contributed by atoms with Crippen molar-refractivity contribution in [2.75, 3.05) is 5.73 Å². The summed E-state index contributed by atoms with van der Waals surface area (Å²) in [5.74, 6) is 0.140. The minimum atomic E-state index is -0.412.